The van der Waals surface area contributed by atoms with E-state index in [9.17, 15) is 4.39 Å². The minimum atomic E-state index is -0.269. The van der Waals surface area contributed by atoms with Crippen LogP contribution >= 0.6 is 15.9 Å². The lowest BCUT2D eigenvalue weighted by Crippen LogP contribution is -2.10. The van der Waals surface area contributed by atoms with Crippen molar-refractivity contribution in [1.29, 1.82) is 0 Å². The topological polar surface area (TPSA) is 42.7 Å². The van der Waals surface area contributed by atoms with Crippen molar-refractivity contribution >= 4 is 21.6 Å². The average Bonchev–Trinajstić information content (AvgIpc) is 2.79. The fourth-order valence-electron chi connectivity index (χ4n) is 1.61. The molecule has 18 heavy (non-hydrogen) atoms. The maximum atomic E-state index is 13.1. The third kappa shape index (κ3) is 3.07. The highest BCUT2D eigenvalue weighted by Crippen LogP contribution is 2.20. The van der Waals surface area contributed by atoms with Gasteiger partial charge in [0.15, 0.2) is 0 Å². The molecule has 2 aromatic rings. The average molecular weight is 313 g/mol. The number of nitrogens with zero attached hydrogens (tertiary/aromatic N) is 3. The van der Waals surface area contributed by atoms with Gasteiger partial charge in [-0.3, -0.25) is 0 Å². The predicted molar refractivity (Wildman–Crippen MR) is 71.7 cm³/mol. The van der Waals surface area contributed by atoms with Gasteiger partial charge in [0.1, 0.15) is 18.0 Å². The van der Waals surface area contributed by atoms with Gasteiger partial charge in [0.25, 0.3) is 0 Å². The molecule has 0 aliphatic rings. The molecule has 0 saturated heterocycles. The molecule has 0 aliphatic carbocycles. The molecule has 0 amide bonds. The predicted octanol–water partition coefficient (Wildman–Crippen LogP) is 3.20. The lowest BCUT2D eigenvalue weighted by atomic mass is 10.3. The highest BCUT2D eigenvalue weighted by atomic mass is 79.9. The Balaban J connectivity index is 2.02. The molecule has 0 fully saturated rings. The van der Waals surface area contributed by atoms with Crippen LogP contribution in [-0.4, -0.2) is 14.8 Å². The van der Waals surface area contributed by atoms with Crippen LogP contribution in [0.5, 0.6) is 0 Å². The second-order valence-corrected chi connectivity index (χ2v) is 4.74. The largest absolute Gasteiger partial charge is 0.378 e. The van der Waals surface area contributed by atoms with Crippen molar-refractivity contribution < 1.29 is 4.39 Å². The van der Waals surface area contributed by atoms with E-state index in [2.05, 4.69) is 38.3 Å². The van der Waals surface area contributed by atoms with E-state index >= 15 is 0 Å². The number of hydrogen-bond acceptors (Lipinski definition) is 3. The first kappa shape index (κ1) is 13.0. The second kappa shape index (κ2) is 5.95. The fourth-order valence-corrected chi connectivity index (χ4v) is 1.99. The second-order valence-electron chi connectivity index (χ2n) is 3.88. The first-order valence-electron chi connectivity index (χ1n) is 5.76. The first-order valence-corrected chi connectivity index (χ1v) is 6.55. The maximum absolute atomic E-state index is 13.1. The van der Waals surface area contributed by atoms with Crippen LogP contribution in [0.4, 0.5) is 10.1 Å². The Bertz CT molecular complexity index is 527. The summed E-state index contributed by atoms with van der Waals surface area (Å²) < 4.78 is 15.4. The summed E-state index contributed by atoms with van der Waals surface area (Å²) in [5.74, 6) is 0.604. The molecule has 2 rings (SSSR count). The number of hydrogen-bond donors (Lipinski definition) is 1. The molecule has 1 aromatic carbocycles. The number of aryl methyl sites for hydroxylation is 1. The van der Waals surface area contributed by atoms with Gasteiger partial charge in [-0.25, -0.2) is 14.1 Å². The smallest absolute Gasteiger partial charge is 0.146 e. The molecule has 1 heterocycles. The van der Waals surface area contributed by atoms with Crippen molar-refractivity contribution in [3.8, 4) is 0 Å². The van der Waals surface area contributed by atoms with E-state index in [1.54, 1.807) is 18.5 Å². The fraction of sp³-hybridized carbons (Fsp3) is 0.333. The first-order chi connectivity index (χ1) is 8.70. The van der Waals surface area contributed by atoms with E-state index in [0.29, 0.717) is 11.0 Å². The normalized spacial score (nSPS) is 10.6. The summed E-state index contributed by atoms with van der Waals surface area (Å²) in [5.41, 5.74) is 0.842. The van der Waals surface area contributed by atoms with Crippen molar-refractivity contribution in [3.63, 3.8) is 0 Å². The van der Waals surface area contributed by atoms with Crippen LogP contribution < -0.4 is 5.32 Å². The summed E-state index contributed by atoms with van der Waals surface area (Å²) in [5, 5.41) is 7.34. The van der Waals surface area contributed by atoms with Crippen molar-refractivity contribution in [2.75, 3.05) is 5.32 Å². The van der Waals surface area contributed by atoms with Gasteiger partial charge in [0.05, 0.1) is 11.0 Å². The van der Waals surface area contributed by atoms with Gasteiger partial charge < -0.3 is 5.32 Å². The molecule has 0 saturated carbocycles. The van der Waals surface area contributed by atoms with E-state index in [1.165, 1.54) is 6.07 Å². The van der Waals surface area contributed by atoms with Crippen LogP contribution in [0.3, 0.4) is 0 Å². The van der Waals surface area contributed by atoms with Gasteiger partial charge in [-0.15, -0.1) is 0 Å². The molecule has 0 spiro atoms. The third-order valence-electron chi connectivity index (χ3n) is 2.50. The molecule has 0 aliphatic heterocycles. The summed E-state index contributed by atoms with van der Waals surface area (Å²) >= 11 is 3.16. The Kier molecular flexibility index (Phi) is 4.30. The van der Waals surface area contributed by atoms with E-state index in [-0.39, 0.29) is 5.82 Å². The molecule has 0 radical (unpaired) electrons. The highest BCUT2D eigenvalue weighted by molar-refractivity contribution is 9.10. The molecular weight excluding hydrogens is 299 g/mol. The highest BCUT2D eigenvalue weighted by Gasteiger charge is 2.04. The Morgan fingerprint density at radius 1 is 1.44 bits per heavy atom. The van der Waals surface area contributed by atoms with Crippen LogP contribution in [0.1, 0.15) is 19.2 Å². The van der Waals surface area contributed by atoms with Gasteiger partial charge in [-0.05, 0) is 40.5 Å². The van der Waals surface area contributed by atoms with Gasteiger partial charge in [0, 0.05) is 12.2 Å². The van der Waals surface area contributed by atoms with Gasteiger partial charge >= 0.3 is 0 Å². The van der Waals surface area contributed by atoms with Crippen LogP contribution in [0, 0.1) is 5.82 Å². The van der Waals surface area contributed by atoms with Crippen LogP contribution in [-0.2, 0) is 13.1 Å². The summed E-state index contributed by atoms with van der Waals surface area (Å²) in [6.45, 7) is 3.51. The molecule has 4 nitrogen and oxygen atoms in total. The molecular formula is C12H14BrFN4. The van der Waals surface area contributed by atoms with Crippen LogP contribution in [0.15, 0.2) is 29.0 Å². The Hall–Kier alpha value is -1.43. The van der Waals surface area contributed by atoms with E-state index in [0.717, 1.165) is 24.5 Å². The van der Waals surface area contributed by atoms with Gasteiger partial charge in [0.2, 0.25) is 0 Å². The number of aromatic nitrogens is 3. The number of anilines is 1. The molecule has 1 N–H and O–H groups in total. The monoisotopic (exact) mass is 312 g/mol. The quantitative estimate of drug-likeness (QED) is 0.922. The summed E-state index contributed by atoms with van der Waals surface area (Å²) in [6, 6.07) is 4.82. The number of benzene rings is 1. The zero-order valence-electron chi connectivity index (χ0n) is 10.0. The lowest BCUT2D eigenvalue weighted by Gasteiger charge is -2.08. The number of halogens is 2. The van der Waals surface area contributed by atoms with Crippen molar-refractivity contribution in [3.05, 3.63) is 40.6 Å². The number of nitrogens with one attached hydrogen (secondary N) is 1. The Labute approximate surface area is 113 Å². The van der Waals surface area contributed by atoms with E-state index in [1.807, 2.05) is 4.68 Å². The van der Waals surface area contributed by atoms with Crippen LogP contribution in [0.2, 0.25) is 0 Å². The maximum Gasteiger partial charge on any atom is 0.146 e. The lowest BCUT2D eigenvalue weighted by molar-refractivity contribution is 0.574. The summed E-state index contributed by atoms with van der Waals surface area (Å²) in [4.78, 5) is 4.19. The molecule has 6 heteroatoms. The third-order valence-corrected chi connectivity index (χ3v) is 3.11. The molecule has 96 valence electrons. The Morgan fingerprint density at radius 3 is 3.00 bits per heavy atom. The van der Waals surface area contributed by atoms with Gasteiger partial charge in [-0.1, -0.05) is 6.92 Å². The van der Waals surface area contributed by atoms with Crippen molar-refractivity contribution in [1.82, 2.24) is 14.8 Å². The van der Waals surface area contributed by atoms with E-state index < -0.39 is 0 Å². The molecule has 0 unspecified atom stereocenters. The van der Waals surface area contributed by atoms with E-state index in [4.69, 9.17) is 0 Å². The zero-order valence-corrected chi connectivity index (χ0v) is 11.6. The molecule has 0 atom stereocenters. The van der Waals surface area contributed by atoms with Gasteiger partial charge in [-0.2, -0.15) is 5.10 Å². The van der Waals surface area contributed by atoms with Crippen molar-refractivity contribution in [2.45, 2.75) is 26.4 Å². The standard InChI is InChI=1S/C12H14BrFN4/c1-2-5-18-12(16-8-17-18)7-15-9-3-4-11(14)10(13)6-9/h3-4,6,8,15H,2,5,7H2,1H3. The van der Waals surface area contributed by atoms with Crippen LogP contribution in [0.25, 0.3) is 0 Å². The molecule has 1 aromatic heterocycles. The molecule has 0 bridgehead atoms. The van der Waals surface area contributed by atoms with Crippen molar-refractivity contribution in [2.24, 2.45) is 0 Å². The minimum absolute atomic E-state index is 0.269. The summed E-state index contributed by atoms with van der Waals surface area (Å²) in [6.07, 6.45) is 2.56. The zero-order chi connectivity index (χ0) is 13.0. The number of rotatable bonds is 5. The SMILES string of the molecule is CCCn1ncnc1CNc1ccc(F)c(Br)c1. The summed E-state index contributed by atoms with van der Waals surface area (Å²) in [7, 11) is 0. The Morgan fingerprint density at radius 2 is 2.28 bits per heavy atom. The minimum Gasteiger partial charge on any atom is -0.378 e.